The van der Waals surface area contributed by atoms with Crippen LogP contribution >= 0.6 is 0 Å². The highest BCUT2D eigenvalue weighted by molar-refractivity contribution is 5.94. The third-order valence-corrected chi connectivity index (χ3v) is 3.69. The molecule has 4 nitrogen and oxygen atoms in total. The van der Waals surface area contributed by atoms with Gasteiger partial charge in [-0.1, -0.05) is 44.2 Å². The number of nitrogens with zero attached hydrogens (tertiary/aromatic N) is 1. The Bertz CT molecular complexity index is 744. The predicted molar refractivity (Wildman–Crippen MR) is 87.6 cm³/mol. The van der Waals surface area contributed by atoms with Crippen molar-refractivity contribution in [2.24, 2.45) is 5.92 Å². The summed E-state index contributed by atoms with van der Waals surface area (Å²) in [5.41, 5.74) is 2.55. The van der Waals surface area contributed by atoms with E-state index in [1.165, 1.54) is 0 Å². The third-order valence-electron chi connectivity index (χ3n) is 3.69. The molecular formula is C18H19N3O. The van der Waals surface area contributed by atoms with Gasteiger partial charge in [-0.15, -0.1) is 0 Å². The van der Waals surface area contributed by atoms with Crippen LogP contribution in [0.1, 0.15) is 36.1 Å². The molecule has 2 aromatic carbocycles. The highest BCUT2D eigenvalue weighted by Gasteiger charge is 2.22. The zero-order chi connectivity index (χ0) is 15.5. The van der Waals surface area contributed by atoms with Gasteiger partial charge in [0.2, 0.25) is 0 Å². The van der Waals surface area contributed by atoms with Crippen molar-refractivity contribution in [1.29, 1.82) is 0 Å². The fraction of sp³-hybridized carbons (Fsp3) is 0.222. The molecule has 3 aromatic rings. The van der Waals surface area contributed by atoms with E-state index < -0.39 is 0 Å². The number of carbonyl (C=O) groups excluding carboxylic acids is 1. The molecule has 112 valence electrons. The van der Waals surface area contributed by atoms with Gasteiger partial charge in [0, 0.05) is 5.56 Å². The molecule has 3 rings (SSSR count). The molecule has 22 heavy (non-hydrogen) atoms. The summed E-state index contributed by atoms with van der Waals surface area (Å²) in [6.45, 7) is 4.15. The summed E-state index contributed by atoms with van der Waals surface area (Å²) in [5, 5.41) is 3.08. The van der Waals surface area contributed by atoms with Crippen LogP contribution in [0, 0.1) is 5.92 Å². The predicted octanol–water partition coefficient (Wildman–Crippen LogP) is 3.69. The molecule has 0 spiro atoms. The van der Waals surface area contributed by atoms with E-state index in [2.05, 4.69) is 29.1 Å². The van der Waals surface area contributed by atoms with E-state index >= 15 is 0 Å². The minimum Gasteiger partial charge on any atom is -0.342 e. The first-order chi connectivity index (χ1) is 10.6. The van der Waals surface area contributed by atoms with Crippen molar-refractivity contribution in [3.63, 3.8) is 0 Å². The number of aromatic amines is 1. The third kappa shape index (κ3) is 2.86. The maximum atomic E-state index is 12.4. The Balaban J connectivity index is 1.88. The largest absolute Gasteiger partial charge is 0.342 e. The van der Waals surface area contributed by atoms with Crippen molar-refractivity contribution < 1.29 is 4.79 Å². The van der Waals surface area contributed by atoms with E-state index in [-0.39, 0.29) is 17.9 Å². The van der Waals surface area contributed by atoms with Gasteiger partial charge in [0.1, 0.15) is 5.82 Å². The quantitative estimate of drug-likeness (QED) is 0.770. The average Bonchev–Trinajstić information content (AvgIpc) is 2.96. The maximum absolute atomic E-state index is 12.4. The summed E-state index contributed by atoms with van der Waals surface area (Å²) in [6, 6.07) is 17.0. The molecule has 0 fully saturated rings. The summed E-state index contributed by atoms with van der Waals surface area (Å²) in [7, 11) is 0. The zero-order valence-electron chi connectivity index (χ0n) is 12.7. The average molecular weight is 293 g/mol. The van der Waals surface area contributed by atoms with Crippen molar-refractivity contribution in [3.8, 4) is 0 Å². The molecule has 0 saturated heterocycles. The number of imidazole rings is 1. The molecule has 0 aliphatic heterocycles. The lowest BCUT2D eigenvalue weighted by molar-refractivity contribution is 0.0923. The monoisotopic (exact) mass is 293 g/mol. The van der Waals surface area contributed by atoms with Crippen LogP contribution in [0.4, 0.5) is 0 Å². The van der Waals surface area contributed by atoms with Gasteiger partial charge in [-0.05, 0) is 30.2 Å². The molecule has 1 heterocycles. The summed E-state index contributed by atoms with van der Waals surface area (Å²) in [4.78, 5) is 20.3. The number of amides is 1. The second-order valence-corrected chi connectivity index (χ2v) is 5.70. The SMILES string of the molecule is CC(C)[C@H](NC(=O)c1ccccc1)c1nc2ccccc2[nH]1. The van der Waals surface area contributed by atoms with Gasteiger partial charge >= 0.3 is 0 Å². The zero-order valence-corrected chi connectivity index (χ0v) is 12.7. The number of fused-ring (bicyclic) bond motifs is 1. The van der Waals surface area contributed by atoms with E-state index in [0.29, 0.717) is 5.56 Å². The van der Waals surface area contributed by atoms with Crippen molar-refractivity contribution in [3.05, 3.63) is 66.0 Å². The maximum Gasteiger partial charge on any atom is 0.251 e. The smallest absolute Gasteiger partial charge is 0.251 e. The molecule has 0 radical (unpaired) electrons. The van der Waals surface area contributed by atoms with Gasteiger partial charge in [-0.25, -0.2) is 4.98 Å². The Morgan fingerprint density at radius 1 is 1.05 bits per heavy atom. The molecule has 1 amide bonds. The lowest BCUT2D eigenvalue weighted by Gasteiger charge is -2.20. The van der Waals surface area contributed by atoms with E-state index in [1.54, 1.807) is 0 Å². The second-order valence-electron chi connectivity index (χ2n) is 5.70. The Labute approximate surface area is 129 Å². The minimum absolute atomic E-state index is 0.0836. The van der Waals surface area contributed by atoms with E-state index in [0.717, 1.165) is 16.9 Å². The van der Waals surface area contributed by atoms with E-state index in [4.69, 9.17) is 0 Å². The number of carbonyl (C=O) groups is 1. The Morgan fingerprint density at radius 3 is 2.41 bits per heavy atom. The molecule has 1 atom stereocenters. The normalized spacial score (nSPS) is 12.5. The molecule has 1 aromatic heterocycles. The van der Waals surface area contributed by atoms with Gasteiger partial charge in [-0.2, -0.15) is 0 Å². The highest BCUT2D eigenvalue weighted by Crippen LogP contribution is 2.22. The van der Waals surface area contributed by atoms with Crippen molar-refractivity contribution >= 4 is 16.9 Å². The lowest BCUT2D eigenvalue weighted by atomic mass is 10.0. The molecular weight excluding hydrogens is 274 g/mol. The van der Waals surface area contributed by atoms with Gasteiger partial charge in [0.05, 0.1) is 17.1 Å². The summed E-state index contributed by atoms with van der Waals surface area (Å²) in [6.07, 6.45) is 0. The summed E-state index contributed by atoms with van der Waals surface area (Å²) < 4.78 is 0. The first kappa shape index (κ1) is 14.3. The number of para-hydroxylation sites is 2. The fourth-order valence-corrected chi connectivity index (χ4v) is 2.48. The number of aromatic nitrogens is 2. The van der Waals surface area contributed by atoms with Crippen LogP contribution < -0.4 is 5.32 Å². The van der Waals surface area contributed by atoms with Crippen LogP contribution in [0.3, 0.4) is 0 Å². The van der Waals surface area contributed by atoms with Gasteiger partial charge in [0.15, 0.2) is 0 Å². The Kier molecular flexibility index (Phi) is 3.92. The topological polar surface area (TPSA) is 57.8 Å². The van der Waals surface area contributed by atoms with Crippen LogP contribution in [-0.4, -0.2) is 15.9 Å². The highest BCUT2D eigenvalue weighted by atomic mass is 16.1. The molecule has 0 bridgehead atoms. The Morgan fingerprint density at radius 2 is 1.73 bits per heavy atom. The van der Waals surface area contributed by atoms with Crippen LogP contribution in [0.25, 0.3) is 11.0 Å². The van der Waals surface area contributed by atoms with Crippen LogP contribution in [-0.2, 0) is 0 Å². The number of hydrogen-bond acceptors (Lipinski definition) is 2. The first-order valence-electron chi connectivity index (χ1n) is 7.45. The molecule has 4 heteroatoms. The number of benzene rings is 2. The number of hydrogen-bond donors (Lipinski definition) is 2. The van der Waals surface area contributed by atoms with Crippen LogP contribution in [0.5, 0.6) is 0 Å². The van der Waals surface area contributed by atoms with Crippen LogP contribution in [0.2, 0.25) is 0 Å². The van der Waals surface area contributed by atoms with E-state index in [1.807, 2.05) is 54.6 Å². The van der Waals surface area contributed by atoms with E-state index in [9.17, 15) is 4.79 Å². The standard InChI is InChI=1S/C18H19N3O/c1-12(2)16(21-18(22)13-8-4-3-5-9-13)17-19-14-10-6-7-11-15(14)20-17/h3-12,16H,1-2H3,(H,19,20)(H,21,22)/t16-/m0/s1. The van der Waals surface area contributed by atoms with Crippen molar-refractivity contribution in [2.45, 2.75) is 19.9 Å². The number of H-pyrrole nitrogens is 1. The minimum atomic E-state index is -0.153. The number of nitrogens with one attached hydrogen (secondary N) is 2. The van der Waals surface area contributed by atoms with Crippen molar-refractivity contribution in [2.75, 3.05) is 0 Å². The molecule has 2 N–H and O–H groups in total. The summed E-state index contributed by atoms with van der Waals surface area (Å²) in [5.74, 6) is 0.938. The Hall–Kier alpha value is -2.62. The van der Waals surface area contributed by atoms with Gasteiger partial charge < -0.3 is 10.3 Å². The number of rotatable bonds is 4. The molecule has 0 unspecified atom stereocenters. The van der Waals surface area contributed by atoms with Gasteiger partial charge in [0.25, 0.3) is 5.91 Å². The van der Waals surface area contributed by atoms with Gasteiger partial charge in [-0.3, -0.25) is 4.79 Å². The van der Waals surface area contributed by atoms with Crippen molar-refractivity contribution in [1.82, 2.24) is 15.3 Å². The first-order valence-corrected chi connectivity index (χ1v) is 7.45. The molecule has 0 aliphatic rings. The van der Waals surface area contributed by atoms with Crippen LogP contribution in [0.15, 0.2) is 54.6 Å². The molecule has 0 aliphatic carbocycles. The summed E-state index contributed by atoms with van der Waals surface area (Å²) >= 11 is 0. The fourth-order valence-electron chi connectivity index (χ4n) is 2.48. The second kappa shape index (κ2) is 6.02. The lowest BCUT2D eigenvalue weighted by Crippen LogP contribution is -2.32. The molecule has 0 saturated carbocycles.